The predicted octanol–water partition coefficient (Wildman–Crippen LogP) is 2.07. The molecule has 3 rings (SSSR count). The quantitative estimate of drug-likeness (QED) is 0.794. The van der Waals surface area contributed by atoms with Gasteiger partial charge in [0.15, 0.2) is 4.80 Å². The molecule has 0 aliphatic carbocycles. The number of aromatic nitrogens is 1. The van der Waals surface area contributed by atoms with E-state index in [9.17, 15) is 4.79 Å². The van der Waals surface area contributed by atoms with Crippen LogP contribution in [0, 0.1) is 0 Å². The van der Waals surface area contributed by atoms with E-state index in [1.165, 1.54) is 11.3 Å². The molecule has 0 atom stereocenters. The van der Waals surface area contributed by atoms with E-state index in [4.69, 9.17) is 23.2 Å². The number of rotatable bonds is 1. The molecule has 0 radical (unpaired) electrons. The minimum absolute atomic E-state index is 0.00877. The van der Waals surface area contributed by atoms with E-state index in [1.54, 1.807) is 22.8 Å². The average Bonchev–Trinajstić information content (AvgIpc) is 2.70. The first kappa shape index (κ1) is 12.9. The van der Waals surface area contributed by atoms with Gasteiger partial charge in [0.05, 0.1) is 4.53 Å². The average molecular weight is 313 g/mol. The molecule has 98 valence electrons. The first-order valence-electron chi connectivity index (χ1n) is 5.86. The fraction of sp³-hybridized carbons (Fsp3) is 0.231. The van der Waals surface area contributed by atoms with Crippen LogP contribution >= 0.6 is 34.5 Å². The van der Waals surface area contributed by atoms with Crippen molar-refractivity contribution in [1.82, 2.24) is 4.57 Å². The molecule has 0 saturated heterocycles. The molecular weight excluding hydrogens is 303 g/mol. The Hall–Kier alpha value is -1.10. The summed E-state index contributed by atoms with van der Waals surface area (Å²) in [5.41, 5.74) is 0.803. The minimum Gasteiger partial charge on any atom is -0.284 e. The van der Waals surface area contributed by atoms with E-state index in [2.05, 4.69) is 4.99 Å². The van der Waals surface area contributed by atoms with Crippen molar-refractivity contribution in [3.05, 3.63) is 53.5 Å². The zero-order valence-corrected chi connectivity index (χ0v) is 12.2. The number of nitrogens with zero attached hydrogens (tertiary/aromatic N) is 2. The topological polar surface area (TPSA) is 34.4 Å². The van der Waals surface area contributed by atoms with Gasteiger partial charge in [-0.2, -0.15) is 0 Å². The van der Waals surface area contributed by atoms with Crippen molar-refractivity contribution in [3.8, 4) is 0 Å². The molecule has 0 unspecified atom stereocenters. The van der Waals surface area contributed by atoms with Crippen molar-refractivity contribution in [2.45, 2.75) is 13.0 Å². The summed E-state index contributed by atoms with van der Waals surface area (Å²) in [7, 11) is 0. The first-order chi connectivity index (χ1) is 9.15. The molecule has 1 aliphatic rings. The highest BCUT2D eigenvalue weighted by molar-refractivity contribution is 7.07. The highest BCUT2D eigenvalue weighted by Gasteiger charge is 2.09. The molecule has 0 fully saturated rings. The Bertz CT molecular complexity index is 807. The molecular formula is C13H10Cl2N2OS. The molecule has 0 saturated carbocycles. The number of fused-ring (bicyclic) bond motifs is 1. The second-order valence-electron chi connectivity index (χ2n) is 4.25. The Morgan fingerprint density at radius 1 is 1.37 bits per heavy atom. The molecule has 0 amide bonds. The van der Waals surface area contributed by atoms with E-state index >= 15 is 0 Å². The fourth-order valence-electron chi connectivity index (χ4n) is 1.99. The molecule has 1 aromatic heterocycles. The summed E-state index contributed by atoms with van der Waals surface area (Å²) < 4.78 is 2.38. The lowest BCUT2D eigenvalue weighted by atomic mass is 10.2. The van der Waals surface area contributed by atoms with Crippen molar-refractivity contribution in [1.29, 1.82) is 0 Å². The zero-order chi connectivity index (χ0) is 13.4. The van der Waals surface area contributed by atoms with Crippen LogP contribution in [-0.4, -0.2) is 11.1 Å². The lowest BCUT2D eigenvalue weighted by Crippen LogP contribution is -2.33. The van der Waals surface area contributed by atoms with E-state index in [0.29, 0.717) is 14.6 Å². The second-order valence-corrected chi connectivity index (χ2v) is 6.10. The van der Waals surface area contributed by atoms with Gasteiger partial charge in [-0.15, -0.1) is 0 Å². The van der Waals surface area contributed by atoms with Crippen LogP contribution in [0.15, 0.2) is 28.0 Å². The summed E-state index contributed by atoms with van der Waals surface area (Å²) >= 11 is 13.4. The molecule has 2 aromatic rings. The van der Waals surface area contributed by atoms with Crippen LogP contribution in [0.1, 0.15) is 12.0 Å². The number of hydrogen-bond acceptors (Lipinski definition) is 3. The summed E-state index contributed by atoms with van der Waals surface area (Å²) in [4.78, 5) is 17.4. The van der Waals surface area contributed by atoms with Crippen molar-refractivity contribution in [3.63, 3.8) is 0 Å². The minimum atomic E-state index is 0.00877. The number of benzene rings is 1. The van der Waals surface area contributed by atoms with Crippen LogP contribution in [0.2, 0.25) is 10.0 Å². The lowest BCUT2D eigenvalue weighted by Gasteiger charge is -2.03. The van der Waals surface area contributed by atoms with E-state index < -0.39 is 0 Å². The van der Waals surface area contributed by atoms with Gasteiger partial charge >= 0.3 is 0 Å². The standard InChI is InChI=1S/C13H10Cl2N2OS/c14-9-3-2-8(10(15)7-9)6-11-12(18)17-5-1-4-16-13(17)19-11/h2-3,6-7H,1,4-5H2/b11-6-. The van der Waals surface area contributed by atoms with Gasteiger partial charge < -0.3 is 0 Å². The fourth-order valence-corrected chi connectivity index (χ4v) is 3.47. The molecule has 6 heteroatoms. The van der Waals surface area contributed by atoms with Gasteiger partial charge in [-0.1, -0.05) is 40.6 Å². The molecule has 0 bridgehead atoms. The van der Waals surface area contributed by atoms with Gasteiger partial charge in [0, 0.05) is 23.1 Å². The Kier molecular flexibility index (Phi) is 3.48. The van der Waals surface area contributed by atoms with Crippen LogP contribution in [0.25, 0.3) is 6.08 Å². The van der Waals surface area contributed by atoms with Crippen molar-refractivity contribution in [2.24, 2.45) is 4.99 Å². The van der Waals surface area contributed by atoms with Gasteiger partial charge in [0.1, 0.15) is 0 Å². The maximum absolute atomic E-state index is 12.2. The third-order valence-electron chi connectivity index (χ3n) is 2.92. The Balaban J connectivity index is 2.20. The summed E-state index contributed by atoms with van der Waals surface area (Å²) in [6.45, 7) is 1.54. The van der Waals surface area contributed by atoms with E-state index in [-0.39, 0.29) is 5.56 Å². The zero-order valence-electron chi connectivity index (χ0n) is 9.90. The van der Waals surface area contributed by atoms with Gasteiger partial charge in [-0.05, 0) is 30.2 Å². The third-order valence-corrected chi connectivity index (χ3v) is 4.53. The number of halogens is 2. The summed E-state index contributed by atoms with van der Waals surface area (Å²) in [5, 5.41) is 1.12. The molecule has 3 nitrogen and oxygen atoms in total. The largest absolute Gasteiger partial charge is 0.284 e. The van der Waals surface area contributed by atoms with Gasteiger partial charge in [-0.3, -0.25) is 14.4 Å². The molecule has 19 heavy (non-hydrogen) atoms. The van der Waals surface area contributed by atoms with Crippen LogP contribution < -0.4 is 14.9 Å². The molecule has 0 spiro atoms. The predicted molar refractivity (Wildman–Crippen MR) is 78.9 cm³/mol. The molecule has 2 heterocycles. The summed E-state index contributed by atoms with van der Waals surface area (Å²) in [5.74, 6) is 0. The van der Waals surface area contributed by atoms with Crippen molar-refractivity contribution >= 4 is 40.6 Å². The van der Waals surface area contributed by atoms with Crippen LogP contribution in [0.3, 0.4) is 0 Å². The van der Waals surface area contributed by atoms with Gasteiger partial charge in [-0.25, -0.2) is 0 Å². The first-order valence-corrected chi connectivity index (χ1v) is 7.43. The summed E-state index contributed by atoms with van der Waals surface area (Å²) in [6.07, 6.45) is 2.72. The van der Waals surface area contributed by atoms with E-state index in [1.807, 2.05) is 6.07 Å². The molecule has 1 aliphatic heterocycles. The monoisotopic (exact) mass is 312 g/mol. The number of thiazole rings is 1. The van der Waals surface area contributed by atoms with Crippen LogP contribution in [-0.2, 0) is 6.54 Å². The highest BCUT2D eigenvalue weighted by Crippen LogP contribution is 2.21. The van der Waals surface area contributed by atoms with E-state index in [0.717, 1.165) is 29.9 Å². The molecule has 1 aromatic carbocycles. The van der Waals surface area contributed by atoms with Crippen molar-refractivity contribution < 1.29 is 0 Å². The van der Waals surface area contributed by atoms with Crippen molar-refractivity contribution in [2.75, 3.05) is 6.54 Å². The Labute approximate surface area is 123 Å². The van der Waals surface area contributed by atoms with Gasteiger partial charge in [0.2, 0.25) is 0 Å². The highest BCUT2D eigenvalue weighted by atomic mass is 35.5. The third kappa shape index (κ3) is 2.48. The lowest BCUT2D eigenvalue weighted by molar-refractivity contribution is 0.573. The smallest absolute Gasteiger partial charge is 0.270 e. The van der Waals surface area contributed by atoms with Crippen LogP contribution in [0.4, 0.5) is 0 Å². The maximum atomic E-state index is 12.2. The molecule has 0 N–H and O–H groups in total. The Morgan fingerprint density at radius 2 is 2.21 bits per heavy atom. The number of hydrogen-bond donors (Lipinski definition) is 0. The summed E-state index contributed by atoms with van der Waals surface area (Å²) in [6, 6.07) is 5.24. The SMILES string of the molecule is O=c1/c(=C/c2ccc(Cl)cc2Cl)sc2n1CCCN=2. The second kappa shape index (κ2) is 5.12. The van der Waals surface area contributed by atoms with Crippen LogP contribution in [0.5, 0.6) is 0 Å². The Morgan fingerprint density at radius 3 is 2.95 bits per heavy atom. The van der Waals surface area contributed by atoms with Gasteiger partial charge in [0.25, 0.3) is 5.56 Å². The normalized spacial score (nSPS) is 15.2. The maximum Gasteiger partial charge on any atom is 0.270 e.